The molecule has 0 atom stereocenters. The van der Waals surface area contributed by atoms with Gasteiger partial charge in [0.15, 0.2) is 0 Å². The molecule has 156 valence electrons. The summed E-state index contributed by atoms with van der Waals surface area (Å²) in [5, 5.41) is 3.75. The summed E-state index contributed by atoms with van der Waals surface area (Å²) in [5.74, 6) is -0.253. The molecule has 0 radical (unpaired) electrons. The summed E-state index contributed by atoms with van der Waals surface area (Å²) in [6.07, 6.45) is 0. The first-order chi connectivity index (χ1) is 15.0. The Morgan fingerprint density at radius 1 is 0.903 bits per heavy atom. The van der Waals surface area contributed by atoms with Crippen LogP contribution < -0.4 is 10.1 Å². The van der Waals surface area contributed by atoms with E-state index in [1.54, 1.807) is 24.3 Å². The van der Waals surface area contributed by atoms with Crippen molar-refractivity contribution in [2.45, 2.75) is 13.5 Å². The highest BCUT2D eigenvalue weighted by molar-refractivity contribution is 6.37. The molecule has 0 fully saturated rings. The minimum Gasteiger partial charge on any atom is -0.496 e. The smallest absolute Gasteiger partial charge is 0.278 e. The number of benzene rings is 3. The van der Waals surface area contributed by atoms with Crippen LogP contribution in [-0.2, 0) is 16.1 Å². The molecule has 0 unspecified atom stereocenters. The molecule has 4 rings (SSSR count). The highest BCUT2D eigenvalue weighted by atomic mass is 35.5. The van der Waals surface area contributed by atoms with Crippen molar-refractivity contribution in [3.05, 3.63) is 100 Å². The second-order valence-electron chi connectivity index (χ2n) is 7.17. The zero-order chi connectivity index (χ0) is 22.0. The summed E-state index contributed by atoms with van der Waals surface area (Å²) in [6, 6.07) is 22.0. The molecule has 3 aromatic rings. The second-order valence-corrected chi connectivity index (χ2v) is 7.58. The van der Waals surface area contributed by atoms with Crippen molar-refractivity contribution in [2.75, 3.05) is 12.4 Å². The van der Waals surface area contributed by atoms with Crippen LogP contribution in [-0.4, -0.2) is 23.8 Å². The third-order valence-corrected chi connectivity index (χ3v) is 5.66. The van der Waals surface area contributed by atoms with E-state index in [-0.39, 0.29) is 23.7 Å². The van der Waals surface area contributed by atoms with Crippen LogP contribution in [0.2, 0.25) is 5.02 Å². The van der Waals surface area contributed by atoms with Crippen LogP contribution in [0.15, 0.2) is 78.5 Å². The van der Waals surface area contributed by atoms with Gasteiger partial charge in [0, 0.05) is 16.3 Å². The van der Waals surface area contributed by atoms with Crippen molar-refractivity contribution in [1.29, 1.82) is 0 Å². The summed E-state index contributed by atoms with van der Waals surface area (Å²) >= 11 is 6.26. The van der Waals surface area contributed by atoms with Gasteiger partial charge in [-0.2, -0.15) is 0 Å². The number of rotatable bonds is 6. The van der Waals surface area contributed by atoms with E-state index in [0.717, 1.165) is 11.1 Å². The number of hydrogen-bond acceptors (Lipinski definition) is 4. The topological polar surface area (TPSA) is 58.6 Å². The second kappa shape index (κ2) is 8.66. The van der Waals surface area contributed by atoms with Gasteiger partial charge >= 0.3 is 0 Å². The number of amides is 2. The van der Waals surface area contributed by atoms with Crippen molar-refractivity contribution in [3.8, 4) is 5.75 Å². The van der Waals surface area contributed by atoms with Crippen molar-refractivity contribution < 1.29 is 14.3 Å². The Kier molecular flexibility index (Phi) is 5.78. The Morgan fingerprint density at radius 2 is 1.61 bits per heavy atom. The lowest BCUT2D eigenvalue weighted by molar-refractivity contribution is -0.137. The number of para-hydroxylation sites is 1. The molecule has 0 saturated carbocycles. The first kappa shape index (κ1) is 20.7. The van der Waals surface area contributed by atoms with E-state index >= 15 is 0 Å². The van der Waals surface area contributed by atoms with E-state index in [4.69, 9.17) is 16.3 Å². The molecule has 0 aliphatic carbocycles. The van der Waals surface area contributed by atoms with Crippen molar-refractivity contribution in [1.82, 2.24) is 4.90 Å². The molecular formula is C25H21ClN2O3. The number of halogens is 1. The molecule has 1 aliphatic rings. The zero-order valence-electron chi connectivity index (χ0n) is 17.2. The Labute approximate surface area is 185 Å². The van der Waals surface area contributed by atoms with E-state index in [1.165, 1.54) is 12.0 Å². The minimum atomic E-state index is -0.394. The molecule has 1 aliphatic heterocycles. The first-order valence-corrected chi connectivity index (χ1v) is 10.2. The summed E-state index contributed by atoms with van der Waals surface area (Å²) < 4.78 is 5.47. The Balaban J connectivity index is 1.82. The van der Waals surface area contributed by atoms with E-state index in [1.807, 2.05) is 55.5 Å². The Morgan fingerprint density at radius 3 is 2.35 bits per heavy atom. The number of methoxy groups -OCH3 is 1. The average molecular weight is 433 g/mol. The van der Waals surface area contributed by atoms with E-state index in [9.17, 15) is 9.59 Å². The van der Waals surface area contributed by atoms with E-state index in [2.05, 4.69) is 5.32 Å². The third-order valence-electron chi connectivity index (χ3n) is 5.26. The molecule has 0 spiro atoms. The number of carbonyl (C=O) groups is 2. The quantitative estimate of drug-likeness (QED) is 0.554. The van der Waals surface area contributed by atoms with Gasteiger partial charge in [-0.05, 0) is 36.2 Å². The number of nitrogens with one attached hydrogen (secondary N) is 1. The lowest BCUT2D eigenvalue weighted by Crippen LogP contribution is -2.32. The van der Waals surface area contributed by atoms with Crippen molar-refractivity contribution in [2.24, 2.45) is 0 Å². The number of carbonyl (C=O) groups excluding carboxylic acids is 2. The lowest BCUT2D eigenvalue weighted by Gasteiger charge is -2.16. The fourth-order valence-corrected chi connectivity index (χ4v) is 3.75. The lowest BCUT2D eigenvalue weighted by atomic mass is 10.0. The van der Waals surface area contributed by atoms with Gasteiger partial charge in [-0.25, -0.2) is 0 Å². The fraction of sp³-hybridized carbons (Fsp3) is 0.120. The monoisotopic (exact) mass is 432 g/mol. The molecule has 0 bridgehead atoms. The maximum absolute atomic E-state index is 13.5. The van der Waals surface area contributed by atoms with Gasteiger partial charge in [0.05, 0.1) is 19.2 Å². The summed E-state index contributed by atoms with van der Waals surface area (Å²) in [4.78, 5) is 28.1. The summed E-state index contributed by atoms with van der Waals surface area (Å²) in [7, 11) is 1.54. The summed E-state index contributed by atoms with van der Waals surface area (Å²) in [5.41, 5.74) is 3.36. The molecule has 2 amide bonds. The predicted octanol–water partition coefficient (Wildman–Crippen LogP) is 5.05. The number of ether oxygens (including phenoxy) is 1. The molecule has 1 heterocycles. The minimum absolute atomic E-state index is 0.177. The molecule has 0 aromatic heterocycles. The summed E-state index contributed by atoms with van der Waals surface area (Å²) in [6.45, 7) is 2.04. The van der Waals surface area contributed by atoms with Crippen molar-refractivity contribution >= 4 is 34.7 Å². The van der Waals surface area contributed by atoms with Gasteiger partial charge in [-0.1, -0.05) is 66.2 Å². The molecule has 0 saturated heterocycles. The molecule has 1 N–H and O–H groups in total. The molecular weight excluding hydrogens is 412 g/mol. The molecule has 3 aromatic carbocycles. The van der Waals surface area contributed by atoms with E-state index < -0.39 is 5.91 Å². The molecule has 6 heteroatoms. The third kappa shape index (κ3) is 3.92. The van der Waals surface area contributed by atoms with Gasteiger partial charge in [0.1, 0.15) is 11.4 Å². The highest BCUT2D eigenvalue weighted by Crippen LogP contribution is 2.36. The van der Waals surface area contributed by atoms with Gasteiger partial charge in [-0.3, -0.25) is 14.5 Å². The highest BCUT2D eigenvalue weighted by Gasteiger charge is 2.40. The van der Waals surface area contributed by atoms with Crippen LogP contribution >= 0.6 is 11.6 Å². The van der Waals surface area contributed by atoms with Gasteiger partial charge in [-0.15, -0.1) is 0 Å². The average Bonchev–Trinajstić information content (AvgIpc) is 3.01. The first-order valence-electron chi connectivity index (χ1n) is 9.81. The number of imide groups is 1. The van der Waals surface area contributed by atoms with Crippen LogP contribution in [0.25, 0.3) is 5.57 Å². The normalized spacial score (nSPS) is 13.7. The van der Waals surface area contributed by atoms with E-state index in [0.29, 0.717) is 22.0 Å². The number of anilines is 1. The number of nitrogens with zero attached hydrogens (tertiary/aromatic N) is 1. The molecule has 5 nitrogen and oxygen atoms in total. The predicted molar refractivity (Wildman–Crippen MR) is 122 cm³/mol. The number of hydrogen-bond donors (Lipinski definition) is 1. The van der Waals surface area contributed by atoms with Gasteiger partial charge in [0.25, 0.3) is 11.8 Å². The molecule has 31 heavy (non-hydrogen) atoms. The maximum atomic E-state index is 13.5. The van der Waals surface area contributed by atoms with Crippen LogP contribution in [0.4, 0.5) is 5.69 Å². The standard InChI is InChI=1S/C25H21ClN2O3/c1-16-19(26)12-8-13-20(16)27-23-22(18-11-6-7-14-21(18)31-2)24(29)28(25(23)30)15-17-9-4-3-5-10-17/h3-14,27H,15H2,1-2H3. The van der Waals surface area contributed by atoms with Crippen LogP contribution in [0, 0.1) is 6.92 Å². The Bertz CT molecular complexity index is 1190. The Hall–Kier alpha value is -3.57. The zero-order valence-corrected chi connectivity index (χ0v) is 17.9. The largest absolute Gasteiger partial charge is 0.496 e. The van der Waals surface area contributed by atoms with Gasteiger partial charge in [0.2, 0.25) is 0 Å². The van der Waals surface area contributed by atoms with Crippen molar-refractivity contribution in [3.63, 3.8) is 0 Å². The van der Waals surface area contributed by atoms with Crippen LogP contribution in [0.5, 0.6) is 5.75 Å². The fourth-order valence-electron chi connectivity index (χ4n) is 3.58. The van der Waals surface area contributed by atoms with Crippen LogP contribution in [0.3, 0.4) is 0 Å². The van der Waals surface area contributed by atoms with Gasteiger partial charge < -0.3 is 10.1 Å². The maximum Gasteiger partial charge on any atom is 0.278 e. The SMILES string of the molecule is COc1ccccc1C1=C(Nc2cccc(Cl)c2C)C(=O)N(Cc2ccccc2)C1=O. The van der Waals surface area contributed by atoms with Crippen LogP contribution in [0.1, 0.15) is 16.7 Å².